The van der Waals surface area contributed by atoms with E-state index < -0.39 is 5.60 Å². The molecule has 0 spiro atoms. The zero-order valence-corrected chi connectivity index (χ0v) is 13.7. The molecule has 1 amide bonds. The SMILES string of the molecule is CC(C)(C)OC(=O)NC1CCC(C(=O)C(C)(C)C)CC1. The molecule has 1 aliphatic rings. The molecule has 0 saturated heterocycles. The third-order valence-electron chi connectivity index (χ3n) is 3.56. The van der Waals surface area contributed by atoms with Crippen LogP contribution in [-0.4, -0.2) is 23.5 Å². The van der Waals surface area contributed by atoms with Gasteiger partial charge in [-0.1, -0.05) is 20.8 Å². The van der Waals surface area contributed by atoms with Crippen LogP contribution in [0.2, 0.25) is 0 Å². The van der Waals surface area contributed by atoms with Gasteiger partial charge in [0.2, 0.25) is 0 Å². The van der Waals surface area contributed by atoms with Crippen LogP contribution in [0.15, 0.2) is 0 Å². The van der Waals surface area contributed by atoms with Crippen LogP contribution in [0.25, 0.3) is 0 Å². The molecule has 0 bridgehead atoms. The predicted molar refractivity (Wildman–Crippen MR) is 79.6 cm³/mol. The minimum atomic E-state index is -0.469. The average Bonchev–Trinajstić information content (AvgIpc) is 2.25. The van der Waals surface area contributed by atoms with Crippen molar-refractivity contribution in [3.63, 3.8) is 0 Å². The lowest BCUT2D eigenvalue weighted by atomic mass is 9.75. The quantitative estimate of drug-likeness (QED) is 0.841. The summed E-state index contributed by atoms with van der Waals surface area (Å²) in [7, 11) is 0. The van der Waals surface area contributed by atoms with E-state index >= 15 is 0 Å². The molecule has 20 heavy (non-hydrogen) atoms. The molecule has 0 aromatic rings. The largest absolute Gasteiger partial charge is 0.444 e. The number of hydrogen-bond donors (Lipinski definition) is 1. The summed E-state index contributed by atoms with van der Waals surface area (Å²) < 4.78 is 5.25. The second-order valence-electron chi connectivity index (χ2n) is 7.81. The highest BCUT2D eigenvalue weighted by Gasteiger charge is 2.33. The van der Waals surface area contributed by atoms with Crippen LogP contribution in [0.5, 0.6) is 0 Å². The number of carbonyl (C=O) groups excluding carboxylic acids is 2. The fourth-order valence-electron chi connectivity index (χ4n) is 2.59. The lowest BCUT2D eigenvalue weighted by molar-refractivity contribution is -0.131. The molecule has 4 nitrogen and oxygen atoms in total. The first-order valence-corrected chi connectivity index (χ1v) is 7.53. The van der Waals surface area contributed by atoms with Crippen molar-refractivity contribution in [1.29, 1.82) is 0 Å². The van der Waals surface area contributed by atoms with E-state index in [-0.39, 0.29) is 23.5 Å². The minimum absolute atomic E-state index is 0.133. The van der Waals surface area contributed by atoms with E-state index in [4.69, 9.17) is 4.74 Å². The van der Waals surface area contributed by atoms with Crippen molar-refractivity contribution in [2.24, 2.45) is 11.3 Å². The molecule has 0 aliphatic heterocycles. The van der Waals surface area contributed by atoms with Crippen LogP contribution < -0.4 is 5.32 Å². The monoisotopic (exact) mass is 283 g/mol. The Morgan fingerprint density at radius 2 is 1.45 bits per heavy atom. The second-order valence-corrected chi connectivity index (χ2v) is 7.81. The van der Waals surface area contributed by atoms with E-state index in [0.717, 1.165) is 25.7 Å². The van der Waals surface area contributed by atoms with Crippen molar-refractivity contribution in [2.75, 3.05) is 0 Å². The molecule has 0 heterocycles. The highest BCUT2D eigenvalue weighted by molar-refractivity contribution is 5.86. The van der Waals surface area contributed by atoms with Crippen LogP contribution in [0, 0.1) is 11.3 Å². The van der Waals surface area contributed by atoms with Gasteiger partial charge in [-0.05, 0) is 46.5 Å². The van der Waals surface area contributed by atoms with Crippen molar-refractivity contribution in [2.45, 2.75) is 78.9 Å². The molecule has 1 fully saturated rings. The van der Waals surface area contributed by atoms with Gasteiger partial charge in [0.05, 0.1) is 0 Å². The van der Waals surface area contributed by atoms with Gasteiger partial charge >= 0.3 is 6.09 Å². The van der Waals surface area contributed by atoms with Crippen molar-refractivity contribution in [3.8, 4) is 0 Å². The summed E-state index contributed by atoms with van der Waals surface area (Å²) in [6.45, 7) is 11.5. The van der Waals surface area contributed by atoms with Gasteiger partial charge < -0.3 is 10.1 Å². The Labute approximate surface area is 122 Å². The maximum absolute atomic E-state index is 12.2. The molecule has 1 aliphatic carbocycles. The number of alkyl carbamates (subject to hydrolysis) is 1. The fraction of sp³-hybridized carbons (Fsp3) is 0.875. The smallest absolute Gasteiger partial charge is 0.407 e. The Hall–Kier alpha value is -1.06. The number of ketones is 1. The Morgan fingerprint density at radius 1 is 0.950 bits per heavy atom. The number of carbonyl (C=O) groups is 2. The molecular formula is C16H29NO3. The number of nitrogens with one attached hydrogen (secondary N) is 1. The number of Topliss-reactive ketones (excluding diaryl/α,β-unsaturated/α-hetero) is 1. The van der Waals surface area contributed by atoms with Crippen molar-refractivity contribution in [1.82, 2.24) is 5.32 Å². The molecule has 0 unspecified atom stereocenters. The van der Waals surface area contributed by atoms with Gasteiger partial charge in [-0.2, -0.15) is 0 Å². The van der Waals surface area contributed by atoms with Gasteiger partial charge in [-0.15, -0.1) is 0 Å². The first-order valence-electron chi connectivity index (χ1n) is 7.53. The van der Waals surface area contributed by atoms with Crippen LogP contribution in [0.1, 0.15) is 67.2 Å². The summed E-state index contributed by atoms with van der Waals surface area (Å²) in [5.74, 6) is 0.486. The lowest BCUT2D eigenvalue weighted by Crippen LogP contribution is -2.42. The Kier molecular flexibility index (Phi) is 5.22. The number of hydrogen-bond acceptors (Lipinski definition) is 3. The summed E-state index contributed by atoms with van der Waals surface area (Å²) in [5.41, 5.74) is -0.737. The number of rotatable bonds is 2. The summed E-state index contributed by atoms with van der Waals surface area (Å²) in [4.78, 5) is 23.9. The third-order valence-corrected chi connectivity index (χ3v) is 3.56. The minimum Gasteiger partial charge on any atom is -0.444 e. The first kappa shape index (κ1) is 17.0. The summed E-state index contributed by atoms with van der Waals surface area (Å²) in [6, 6.07) is 0.133. The maximum atomic E-state index is 12.2. The van der Waals surface area contributed by atoms with Crippen molar-refractivity contribution >= 4 is 11.9 Å². The zero-order valence-electron chi connectivity index (χ0n) is 13.7. The topological polar surface area (TPSA) is 55.4 Å². The van der Waals surface area contributed by atoms with Gasteiger partial charge in [0.1, 0.15) is 11.4 Å². The normalized spacial score (nSPS) is 24.1. The van der Waals surface area contributed by atoms with Crippen LogP contribution >= 0.6 is 0 Å². The highest BCUT2D eigenvalue weighted by atomic mass is 16.6. The molecule has 116 valence electrons. The van der Waals surface area contributed by atoms with Crippen LogP contribution in [0.4, 0.5) is 4.79 Å². The highest BCUT2D eigenvalue weighted by Crippen LogP contribution is 2.31. The molecule has 1 N–H and O–H groups in total. The van der Waals surface area contributed by atoms with E-state index in [2.05, 4.69) is 5.32 Å². The molecule has 0 radical (unpaired) electrons. The van der Waals surface area contributed by atoms with Gasteiger partial charge in [-0.25, -0.2) is 4.79 Å². The second kappa shape index (κ2) is 6.15. The summed E-state index contributed by atoms with van der Waals surface area (Å²) >= 11 is 0. The molecule has 1 rings (SSSR count). The predicted octanol–water partition coefficient (Wildman–Crippen LogP) is 3.69. The molecule has 0 aromatic heterocycles. The van der Waals surface area contributed by atoms with Gasteiger partial charge in [-0.3, -0.25) is 4.79 Å². The van der Waals surface area contributed by atoms with Crippen molar-refractivity contribution in [3.05, 3.63) is 0 Å². The molecule has 0 atom stereocenters. The van der Waals surface area contributed by atoms with Gasteiger partial charge in [0, 0.05) is 17.4 Å². The standard InChI is InChI=1S/C16H29NO3/c1-15(2,3)13(18)11-7-9-12(10-8-11)17-14(19)20-16(4,5)6/h11-12H,7-10H2,1-6H3,(H,17,19). The summed E-state index contributed by atoms with van der Waals surface area (Å²) in [5, 5.41) is 2.90. The Balaban J connectivity index is 2.40. The van der Waals surface area contributed by atoms with Gasteiger partial charge in [0.15, 0.2) is 0 Å². The summed E-state index contributed by atoms with van der Waals surface area (Å²) in [6.07, 6.45) is 3.06. The van der Waals surface area contributed by atoms with E-state index in [1.165, 1.54) is 0 Å². The Morgan fingerprint density at radius 3 is 1.85 bits per heavy atom. The average molecular weight is 283 g/mol. The number of amides is 1. The van der Waals surface area contributed by atoms with Gasteiger partial charge in [0.25, 0.3) is 0 Å². The van der Waals surface area contributed by atoms with Crippen LogP contribution in [0.3, 0.4) is 0 Å². The van der Waals surface area contributed by atoms with Crippen LogP contribution in [-0.2, 0) is 9.53 Å². The van der Waals surface area contributed by atoms with Crippen molar-refractivity contribution < 1.29 is 14.3 Å². The van der Waals surface area contributed by atoms with E-state index in [0.29, 0.717) is 5.78 Å². The fourth-order valence-corrected chi connectivity index (χ4v) is 2.59. The maximum Gasteiger partial charge on any atom is 0.407 e. The molecular weight excluding hydrogens is 254 g/mol. The third kappa shape index (κ3) is 5.51. The lowest BCUT2D eigenvalue weighted by Gasteiger charge is -2.32. The Bertz CT molecular complexity index is 355. The van der Waals surface area contributed by atoms with E-state index in [9.17, 15) is 9.59 Å². The molecule has 0 aromatic carbocycles. The number of ether oxygens (including phenoxy) is 1. The van der Waals surface area contributed by atoms with E-state index in [1.54, 1.807) is 0 Å². The molecule has 4 heteroatoms. The van der Waals surface area contributed by atoms with E-state index in [1.807, 2.05) is 41.5 Å². The zero-order chi connectivity index (χ0) is 15.6. The molecule has 1 saturated carbocycles. The first-order chi connectivity index (χ1) is 8.99.